The van der Waals surface area contributed by atoms with E-state index in [1.807, 2.05) is 24.3 Å². The summed E-state index contributed by atoms with van der Waals surface area (Å²) >= 11 is 0. The van der Waals surface area contributed by atoms with Gasteiger partial charge in [-0.2, -0.15) is 0 Å². The molecule has 0 spiro atoms. The van der Waals surface area contributed by atoms with E-state index in [1.54, 1.807) is 7.11 Å². The molecule has 1 amide bonds. The van der Waals surface area contributed by atoms with Gasteiger partial charge in [-0.25, -0.2) is 0 Å². The number of amides is 1. The maximum atomic E-state index is 12.4. The molecule has 2 rings (SSSR count). The van der Waals surface area contributed by atoms with Crippen LogP contribution in [0.3, 0.4) is 0 Å². The zero-order valence-electron chi connectivity index (χ0n) is 12.8. The van der Waals surface area contributed by atoms with Crippen molar-refractivity contribution in [1.82, 2.24) is 4.90 Å². The maximum Gasteiger partial charge on any atom is 0.223 e. The number of nitrogens with zero attached hydrogens (tertiary/aromatic N) is 1. The van der Waals surface area contributed by atoms with Crippen molar-refractivity contribution in [2.24, 2.45) is 5.92 Å². The second kappa shape index (κ2) is 6.78. The third kappa shape index (κ3) is 3.53. The van der Waals surface area contributed by atoms with Crippen molar-refractivity contribution in [2.75, 3.05) is 13.7 Å². The highest BCUT2D eigenvalue weighted by molar-refractivity contribution is 5.77. The quantitative estimate of drug-likeness (QED) is 0.825. The Bertz CT molecular complexity index is 439. The number of methoxy groups -OCH3 is 1. The van der Waals surface area contributed by atoms with Crippen LogP contribution in [-0.4, -0.2) is 30.5 Å². The summed E-state index contributed by atoms with van der Waals surface area (Å²) in [7, 11) is 1.66. The van der Waals surface area contributed by atoms with E-state index in [2.05, 4.69) is 18.7 Å². The van der Waals surface area contributed by atoms with Gasteiger partial charge in [0.1, 0.15) is 5.75 Å². The molecule has 1 atom stereocenters. The minimum absolute atomic E-state index is 0.303. The van der Waals surface area contributed by atoms with E-state index in [1.165, 1.54) is 5.56 Å². The lowest BCUT2D eigenvalue weighted by molar-refractivity contribution is -0.132. The zero-order valence-corrected chi connectivity index (χ0v) is 12.8. The Morgan fingerprint density at radius 1 is 1.35 bits per heavy atom. The van der Waals surface area contributed by atoms with Gasteiger partial charge in [0.25, 0.3) is 0 Å². The second-order valence-corrected chi connectivity index (χ2v) is 5.89. The Balaban J connectivity index is 1.88. The first-order valence-electron chi connectivity index (χ1n) is 7.54. The van der Waals surface area contributed by atoms with Gasteiger partial charge in [0.15, 0.2) is 0 Å². The second-order valence-electron chi connectivity index (χ2n) is 5.89. The Labute approximate surface area is 121 Å². The molecule has 1 unspecified atom stereocenters. The number of benzene rings is 1. The predicted molar refractivity (Wildman–Crippen MR) is 80.9 cm³/mol. The third-order valence-corrected chi connectivity index (χ3v) is 4.18. The number of rotatable bonds is 5. The van der Waals surface area contributed by atoms with Crippen LogP contribution in [0.5, 0.6) is 5.75 Å². The molecule has 110 valence electrons. The van der Waals surface area contributed by atoms with Crippen LogP contribution in [0, 0.1) is 5.92 Å². The molecule has 3 heteroatoms. The van der Waals surface area contributed by atoms with Crippen LogP contribution < -0.4 is 4.74 Å². The van der Waals surface area contributed by atoms with Crippen molar-refractivity contribution in [3.63, 3.8) is 0 Å². The van der Waals surface area contributed by atoms with Gasteiger partial charge in [-0.05, 0) is 42.9 Å². The SMILES string of the molecule is COc1ccc(CCC(=O)N2CCCC2C(C)C)cc1. The highest BCUT2D eigenvalue weighted by Crippen LogP contribution is 2.24. The van der Waals surface area contributed by atoms with E-state index in [0.29, 0.717) is 24.3 Å². The minimum atomic E-state index is 0.303. The average Bonchev–Trinajstić information content (AvgIpc) is 2.95. The number of aryl methyl sites for hydroxylation is 1. The number of likely N-dealkylation sites (tertiary alicyclic amines) is 1. The van der Waals surface area contributed by atoms with Gasteiger partial charge in [0, 0.05) is 19.0 Å². The summed E-state index contributed by atoms with van der Waals surface area (Å²) in [6.45, 7) is 5.35. The summed E-state index contributed by atoms with van der Waals surface area (Å²) in [5, 5.41) is 0. The summed E-state index contributed by atoms with van der Waals surface area (Å²) in [6, 6.07) is 8.42. The van der Waals surface area contributed by atoms with Crippen LogP contribution in [0.2, 0.25) is 0 Å². The molecular weight excluding hydrogens is 250 g/mol. The molecule has 1 heterocycles. The highest BCUT2D eigenvalue weighted by atomic mass is 16.5. The van der Waals surface area contributed by atoms with Crippen LogP contribution >= 0.6 is 0 Å². The van der Waals surface area contributed by atoms with Gasteiger partial charge < -0.3 is 9.64 Å². The number of hydrogen-bond acceptors (Lipinski definition) is 2. The molecule has 0 saturated carbocycles. The predicted octanol–water partition coefficient (Wildman–Crippen LogP) is 3.27. The monoisotopic (exact) mass is 275 g/mol. The van der Waals surface area contributed by atoms with Gasteiger partial charge >= 0.3 is 0 Å². The normalized spacial score (nSPS) is 18.6. The lowest BCUT2D eigenvalue weighted by Gasteiger charge is -2.27. The maximum absolute atomic E-state index is 12.4. The molecule has 1 aliphatic rings. The van der Waals surface area contributed by atoms with Gasteiger partial charge in [0.2, 0.25) is 5.91 Å². The summed E-state index contributed by atoms with van der Waals surface area (Å²) in [6.07, 6.45) is 3.72. The highest BCUT2D eigenvalue weighted by Gasteiger charge is 2.30. The minimum Gasteiger partial charge on any atom is -0.497 e. The van der Waals surface area contributed by atoms with Crippen LogP contribution in [0.15, 0.2) is 24.3 Å². The first-order valence-corrected chi connectivity index (χ1v) is 7.54. The van der Waals surface area contributed by atoms with Crippen molar-refractivity contribution < 1.29 is 9.53 Å². The van der Waals surface area contributed by atoms with Crippen molar-refractivity contribution >= 4 is 5.91 Å². The molecule has 1 aromatic carbocycles. The first kappa shape index (κ1) is 14.9. The zero-order chi connectivity index (χ0) is 14.5. The molecule has 1 fully saturated rings. The van der Waals surface area contributed by atoms with Gasteiger partial charge in [-0.15, -0.1) is 0 Å². The Kier molecular flexibility index (Phi) is 5.05. The van der Waals surface area contributed by atoms with Crippen LogP contribution in [0.4, 0.5) is 0 Å². The van der Waals surface area contributed by atoms with Crippen molar-refractivity contribution in [1.29, 1.82) is 0 Å². The molecule has 0 N–H and O–H groups in total. The molecule has 20 heavy (non-hydrogen) atoms. The standard InChI is InChI=1S/C17H25NO2/c1-13(2)16-5-4-12-18(16)17(19)11-8-14-6-9-15(20-3)10-7-14/h6-7,9-10,13,16H,4-5,8,11-12H2,1-3H3. The molecular formula is C17H25NO2. The summed E-state index contributed by atoms with van der Waals surface area (Å²) < 4.78 is 5.14. The fourth-order valence-electron chi connectivity index (χ4n) is 2.98. The molecule has 1 saturated heterocycles. The van der Waals surface area contributed by atoms with Crippen LogP contribution in [0.1, 0.15) is 38.7 Å². The number of hydrogen-bond donors (Lipinski definition) is 0. The van der Waals surface area contributed by atoms with Crippen molar-refractivity contribution in [3.05, 3.63) is 29.8 Å². The van der Waals surface area contributed by atoms with Crippen molar-refractivity contribution in [3.8, 4) is 5.75 Å². The molecule has 1 aliphatic heterocycles. The van der Waals surface area contributed by atoms with E-state index in [0.717, 1.165) is 31.6 Å². The lowest BCUT2D eigenvalue weighted by atomic mass is 10.0. The molecule has 1 aromatic rings. The topological polar surface area (TPSA) is 29.5 Å². The van der Waals surface area contributed by atoms with Gasteiger partial charge in [-0.3, -0.25) is 4.79 Å². The largest absolute Gasteiger partial charge is 0.497 e. The van der Waals surface area contributed by atoms with E-state index in [9.17, 15) is 4.79 Å². The first-order chi connectivity index (χ1) is 9.61. The fourth-order valence-corrected chi connectivity index (χ4v) is 2.98. The Morgan fingerprint density at radius 2 is 2.05 bits per heavy atom. The summed E-state index contributed by atoms with van der Waals surface area (Å²) in [5.74, 6) is 1.72. The van der Waals surface area contributed by atoms with Crippen molar-refractivity contribution in [2.45, 2.75) is 45.6 Å². The van der Waals surface area contributed by atoms with Crippen LogP contribution in [0.25, 0.3) is 0 Å². The number of carbonyl (C=O) groups excluding carboxylic acids is 1. The van der Waals surface area contributed by atoms with E-state index >= 15 is 0 Å². The summed E-state index contributed by atoms with van der Waals surface area (Å²) in [4.78, 5) is 14.4. The molecule has 0 bridgehead atoms. The van der Waals surface area contributed by atoms with Gasteiger partial charge in [-0.1, -0.05) is 26.0 Å². The Hall–Kier alpha value is -1.51. The molecule has 3 nitrogen and oxygen atoms in total. The average molecular weight is 275 g/mol. The molecule has 0 radical (unpaired) electrons. The fraction of sp³-hybridized carbons (Fsp3) is 0.588. The van der Waals surface area contributed by atoms with Crippen LogP contribution in [-0.2, 0) is 11.2 Å². The van der Waals surface area contributed by atoms with E-state index in [4.69, 9.17) is 4.74 Å². The molecule has 0 aromatic heterocycles. The summed E-state index contributed by atoms with van der Waals surface area (Å²) in [5.41, 5.74) is 1.19. The Morgan fingerprint density at radius 3 is 2.65 bits per heavy atom. The number of ether oxygens (including phenoxy) is 1. The molecule has 0 aliphatic carbocycles. The van der Waals surface area contributed by atoms with E-state index in [-0.39, 0.29) is 0 Å². The smallest absolute Gasteiger partial charge is 0.223 e. The van der Waals surface area contributed by atoms with E-state index < -0.39 is 0 Å². The lowest BCUT2D eigenvalue weighted by Crippen LogP contribution is -2.38. The third-order valence-electron chi connectivity index (χ3n) is 4.18. The number of carbonyl (C=O) groups is 1. The van der Waals surface area contributed by atoms with Gasteiger partial charge in [0.05, 0.1) is 7.11 Å².